The van der Waals surface area contributed by atoms with Gasteiger partial charge in [0.15, 0.2) is 17.0 Å². The Morgan fingerprint density at radius 2 is 1.95 bits per heavy atom. The smallest absolute Gasteiger partial charge is 0.184 e. The van der Waals surface area contributed by atoms with Crippen LogP contribution < -0.4 is 5.32 Å². The van der Waals surface area contributed by atoms with Gasteiger partial charge in [0.05, 0.1) is 6.54 Å². The van der Waals surface area contributed by atoms with E-state index >= 15 is 0 Å². The summed E-state index contributed by atoms with van der Waals surface area (Å²) in [6.45, 7) is 5.05. The first kappa shape index (κ1) is 13.4. The van der Waals surface area contributed by atoms with Crippen LogP contribution in [-0.4, -0.2) is 31.5 Å². The number of nitrogens with one attached hydrogen (secondary N) is 1. The minimum Gasteiger partial charge on any atom is -0.368 e. The summed E-state index contributed by atoms with van der Waals surface area (Å²) in [4.78, 5) is 8.74. The molecular formula is C14H15FN6. The maximum absolute atomic E-state index is 12.9. The van der Waals surface area contributed by atoms with Gasteiger partial charge in [-0.1, -0.05) is 17.3 Å². The van der Waals surface area contributed by atoms with Crippen LogP contribution in [0, 0.1) is 12.7 Å². The monoisotopic (exact) mass is 286 g/mol. The standard InChI is InChI=1S/C14H15FN6/c1-3-16-13-12-14(18-9(2)17-13)21(20-19-12)8-10-4-6-11(15)7-5-10/h4-7H,3,8H2,1-2H3,(H,16,17,18). The first-order valence-corrected chi connectivity index (χ1v) is 6.73. The predicted octanol–water partition coefficient (Wildman–Crippen LogP) is 2.15. The van der Waals surface area contributed by atoms with Gasteiger partial charge >= 0.3 is 0 Å². The van der Waals surface area contributed by atoms with Crippen LogP contribution in [0.1, 0.15) is 18.3 Å². The van der Waals surface area contributed by atoms with E-state index in [-0.39, 0.29) is 5.82 Å². The molecule has 0 saturated heterocycles. The fourth-order valence-corrected chi connectivity index (χ4v) is 2.12. The second-order valence-electron chi connectivity index (χ2n) is 4.70. The van der Waals surface area contributed by atoms with Crippen molar-refractivity contribution in [1.29, 1.82) is 0 Å². The molecule has 1 N–H and O–H groups in total. The van der Waals surface area contributed by atoms with Gasteiger partial charge in [-0.3, -0.25) is 0 Å². The van der Waals surface area contributed by atoms with E-state index in [1.54, 1.807) is 16.8 Å². The van der Waals surface area contributed by atoms with Gasteiger partial charge < -0.3 is 5.32 Å². The zero-order chi connectivity index (χ0) is 14.8. The molecule has 6 nitrogen and oxygen atoms in total. The number of rotatable bonds is 4. The molecule has 3 aromatic rings. The van der Waals surface area contributed by atoms with E-state index in [0.29, 0.717) is 29.4 Å². The van der Waals surface area contributed by atoms with Gasteiger partial charge in [0.1, 0.15) is 11.6 Å². The number of aromatic nitrogens is 5. The van der Waals surface area contributed by atoms with Crippen LogP contribution in [0.3, 0.4) is 0 Å². The van der Waals surface area contributed by atoms with Crippen molar-refractivity contribution in [2.24, 2.45) is 0 Å². The lowest BCUT2D eigenvalue weighted by molar-refractivity contribution is 0.623. The number of nitrogens with zero attached hydrogens (tertiary/aromatic N) is 5. The summed E-state index contributed by atoms with van der Waals surface area (Å²) in [6.07, 6.45) is 0. The lowest BCUT2D eigenvalue weighted by Gasteiger charge is -2.05. The molecule has 0 atom stereocenters. The molecule has 1 aromatic carbocycles. The number of aryl methyl sites for hydroxylation is 1. The molecule has 0 bridgehead atoms. The fourth-order valence-electron chi connectivity index (χ4n) is 2.12. The van der Waals surface area contributed by atoms with E-state index < -0.39 is 0 Å². The van der Waals surface area contributed by atoms with Crippen LogP contribution >= 0.6 is 0 Å². The quantitative estimate of drug-likeness (QED) is 0.796. The highest BCUT2D eigenvalue weighted by atomic mass is 19.1. The number of anilines is 1. The molecule has 0 unspecified atom stereocenters. The van der Waals surface area contributed by atoms with Crippen LogP contribution in [0.2, 0.25) is 0 Å². The van der Waals surface area contributed by atoms with E-state index in [1.165, 1.54) is 12.1 Å². The predicted molar refractivity (Wildman–Crippen MR) is 77.5 cm³/mol. The number of hydrogen-bond donors (Lipinski definition) is 1. The molecule has 0 amide bonds. The van der Waals surface area contributed by atoms with Gasteiger partial charge in [0, 0.05) is 6.54 Å². The summed E-state index contributed by atoms with van der Waals surface area (Å²) in [5, 5.41) is 11.4. The average Bonchev–Trinajstić information content (AvgIpc) is 2.85. The summed E-state index contributed by atoms with van der Waals surface area (Å²) < 4.78 is 14.6. The highest BCUT2D eigenvalue weighted by Gasteiger charge is 2.13. The van der Waals surface area contributed by atoms with Crippen LogP contribution in [0.25, 0.3) is 11.2 Å². The van der Waals surface area contributed by atoms with E-state index in [2.05, 4.69) is 25.6 Å². The molecule has 3 rings (SSSR count). The van der Waals surface area contributed by atoms with Crippen molar-refractivity contribution in [3.05, 3.63) is 41.5 Å². The molecule has 21 heavy (non-hydrogen) atoms. The Morgan fingerprint density at radius 3 is 2.67 bits per heavy atom. The maximum Gasteiger partial charge on any atom is 0.184 e. The van der Waals surface area contributed by atoms with Crippen molar-refractivity contribution in [2.45, 2.75) is 20.4 Å². The van der Waals surface area contributed by atoms with Crippen molar-refractivity contribution in [3.8, 4) is 0 Å². The first-order chi connectivity index (χ1) is 10.2. The van der Waals surface area contributed by atoms with Gasteiger partial charge in [0.25, 0.3) is 0 Å². The molecule has 0 fully saturated rings. The lowest BCUT2D eigenvalue weighted by atomic mass is 10.2. The zero-order valence-electron chi connectivity index (χ0n) is 11.8. The van der Waals surface area contributed by atoms with Crippen molar-refractivity contribution >= 4 is 17.0 Å². The average molecular weight is 286 g/mol. The molecule has 0 spiro atoms. The van der Waals surface area contributed by atoms with Crippen molar-refractivity contribution in [3.63, 3.8) is 0 Å². The molecular weight excluding hydrogens is 271 g/mol. The Morgan fingerprint density at radius 1 is 1.19 bits per heavy atom. The highest BCUT2D eigenvalue weighted by Crippen LogP contribution is 2.18. The highest BCUT2D eigenvalue weighted by molar-refractivity contribution is 5.82. The van der Waals surface area contributed by atoms with E-state index in [9.17, 15) is 4.39 Å². The van der Waals surface area contributed by atoms with Crippen LogP contribution in [-0.2, 0) is 6.54 Å². The maximum atomic E-state index is 12.9. The first-order valence-electron chi connectivity index (χ1n) is 6.73. The molecule has 0 radical (unpaired) electrons. The summed E-state index contributed by atoms with van der Waals surface area (Å²) in [5.74, 6) is 1.08. The third-order valence-electron chi connectivity index (χ3n) is 3.06. The topological polar surface area (TPSA) is 68.5 Å². The molecule has 2 heterocycles. The molecule has 7 heteroatoms. The van der Waals surface area contributed by atoms with Gasteiger partial charge in [0.2, 0.25) is 0 Å². The van der Waals surface area contributed by atoms with Crippen molar-refractivity contribution in [2.75, 3.05) is 11.9 Å². The number of fused-ring (bicyclic) bond motifs is 1. The van der Waals surface area contributed by atoms with Crippen LogP contribution in [0.5, 0.6) is 0 Å². The largest absolute Gasteiger partial charge is 0.368 e. The number of benzene rings is 1. The summed E-state index contributed by atoms with van der Waals surface area (Å²) in [5.41, 5.74) is 2.25. The number of halogens is 1. The van der Waals surface area contributed by atoms with Crippen molar-refractivity contribution < 1.29 is 4.39 Å². The Balaban J connectivity index is 2.01. The Labute approximate surface area is 121 Å². The van der Waals surface area contributed by atoms with Gasteiger partial charge in [-0.05, 0) is 31.5 Å². The Hall–Kier alpha value is -2.57. The van der Waals surface area contributed by atoms with Crippen LogP contribution in [0.15, 0.2) is 24.3 Å². The third-order valence-corrected chi connectivity index (χ3v) is 3.06. The second kappa shape index (κ2) is 5.43. The molecule has 0 aliphatic heterocycles. The SMILES string of the molecule is CCNc1nc(C)nc2c1nnn2Cc1ccc(F)cc1. The summed E-state index contributed by atoms with van der Waals surface area (Å²) in [6, 6.07) is 6.31. The Bertz CT molecular complexity index is 765. The van der Waals surface area contributed by atoms with Crippen molar-refractivity contribution in [1.82, 2.24) is 25.0 Å². The van der Waals surface area contributed by atoms with E-state index in [0.717, 1.165) is 12.1 Å². The normalized spacial score (nSPS) is 11.0. The van der Waals surface area contributed by atoms with E-state index in [1.807, 2.05) is 13.8 Å². The molecule has 0 aliphatic carbocycles. The van der Waals surface area contributed by atoms with Gasteiger partial charge in [-0.2, -0.15) is 0 Å². The third kappa shape index (κ3) is 2.67. The lowest BCUT2D eigenvalue weighted by Crippen LogP contribution is -2.06. The minimum absolute atomic E-state index is 0.255. The van der Waals surface area contributed by atoms with Gasteiger partial charge in [-0.25, -0.2) is 19.0 Å². The summed E-state index contributed by atoms with van der Waals surface area (Å²) in [7, 11) is 0. The summed E-state index contributed by atoms with van der Waals surface area (Å²) >= 11 is 0. The molecule has 0 aliphatic rings. The fraction of sp³-hybridized carbons (Fsp3) is 0.286. The van der Waals surface area contributed by atoms with Crippen LogP contribution in [0.4, 0.5) is 10.2 Å². The molecule has 0 saturated carbocycles. The van der Waals surface area contributed by atoms with E-state index in [4.69, 9.17) is 0 Å². The Kier molecular flexibility index (Phi) is 3.47. The molecule has 2 aromatic heterocycles. The second-order valence-corrected chi connectivity index (χ2v) is 4.70. The molecule has 108 valence electrons. The zero-order valence-corrected chi connectivity index (χ0v) is 11.8. The van der Waals surface area contributed by atoms with Gasteiger partial charge in [-0.15, -0.1) is 5.10 Å². The minimum atomic E-state index is -0.255. The number of hydrogen-bond acceptors (Lipinski definition) is 5.